The van der Waals surface area contributed by atoms with Crippen molar-refractivity contribution in [2.24, 2.45) is 5.92 Å². The van der Waals surface area contributed by atoms with E-state index in [1.54, 1.807) is 0 Å². The Labute approximate surface area is 328 Å². The van der Waals surface area contributed by atoms with Crippen molar-refractivity contribution < 1.29 is 49.0 Å². The molecular formula is C47H48Cl2Zr-2. The first-order valence-corrected chi connectivity index (χ1v) is 18.3. The van der Waals surface area contributed by atoms with Gasteiger partial charge in [0.2, 0.25) is 0 Å². The molecule has 1 aliphatic rings. The van der Waals surface area contributed by atoms with Crippen LogP contribution in [0.25, 0.3) is 27.1 Å². The molecule has 0 fully saturated rings. The monoisotopic (exact) mass is 772 g/mol. The summed E-state index contributed by atoms with van der Waals surface area (Å²) in [7, 11) is 0. The van der Waals surface area contributed by atoms with Crippen molar-refractivity contribution >= 4 is 30.3 Å². The molecule has 0 bridgehead atoms. The van der Waals surface area contributed by atoms with Crippen LogP contribution in [0.2, 0.25) is 0 Å². The van der Waals surface area contributed by atoms with E-state index in [-0.39, 0.29) is 35.6 Å². The molecule has 3 heteroatoms. The maximum absolute atomic E-state index is 3.39. The van der Waals surface area contributed by atoms with Crippen LogP contribution in [0.4, 0.5) is 0 Å². The van der Waals surface area contributed by atoms with Crippen LogP contribution in [-0.4, -0.2) is 3.21 Å². The van der Waals surface area contributed by atoms with E-state index in [1.165, 1.54) is 87.9 Å². The number of halogens is 2. The number of benzene rings is 5. The fraction of sp³-hybridized carbons (Fsp3) is 0.234. The normalized spacial score (nSPS) is 13.8. The van der Waals surface area contributed by atoms with Gasteiger partial charge in [-0.05, 0) is 10.8 Å². The summed E-state index contributed by atoms with van der Waals surface area (Å²) in [6.45, 7) is 17.9. The van der Waals surface area contributed by atoms with Crippen molar-refractivity contribution in [3.63, 3.8) is 0 Å². The fourth-order valence-corrected chi connectivity index (χ4v) is 6.92. The molecule has 7 rings (SSSR count). The van der Waals surface area contributed by atoms with Gasteiger partial charge in [-0.3, -0.25) is 6.08 Å². The van der Waals surface area contributed by atoms with E-state index in [9.17, 15) is 0 Å². The molecule has 0 spiro atoms. The number of rotatable bonds is 3. The zero-order valence-electron chi connectivity index (χ0n) is 30.6. The van der Waals surface area contributed by atoms with Crippen molar-refractivity contribution in [2.45, 2.75) is 66.2 Å². The molecular weight excluding hydrogens is 727 g/mol. The van der Waals surface area contributed by atoms with E-state index >= 15 is 0 Å². The van der Waals surface area contributed by atoms with E-state index in [0.717, 1.165) is 0 Å². The first kappa shape index (κ1) is 41.2. The molecule has 0 heterocycles. The molecule has 1 aliphatic carbocycles. The third-order valence-corrected chi connectivity index (χ3v) is 10.3. The topological polar surface area (TPSA) is 0 Å². The Morgan fingerprint density at radius 3 is 1.36 bits per heavy atom. The van der Waals surface area contributed by atoms with Gasteiger partial charge in [0.05, 0.1) is 0 Å². The van der Waals surface area contributed by atoms with E-state index in [1.807, 2.05) is 6.07 Å². The molecule has 0 saturated carbocycles. The van der Waals surface area contributed by atoms with Gasteiger partial charge in [0.25, 0.3) is 0 Å². The van der Waals surface area contributed by atoms with Crippen LogP contribution < -0.4 is 24.8 Å². The van der Waals surface area contributed by atoms with Crippen LogP contribution in [0.1, 0.15) is 83.2 Å². The van der Waals surface area contributed by atoms with Gasteiger partial charge >= 0.3 is 99.2 Å². The Morgan fingerprint density at radius 2 is 1.00 bits per heavy atom. The summed E-state index contributed by atoms with van der Waals surface area (Å²) in [5, 5.41) is 5.48. The van der Waals surface area contributed by atoms with Gasteiger partial charge in [-0.15, -0.1) is 45.3 Å². The Kier molecular flexibility index (Phi) is 14.7. The van der Waals surface area contributed by atoms with Gasteiger partial charge in [-0.25, -0.2) is 5.57 Å². The molecule has 0 amide bonds. The molecule has 6 aromatic carbocycles. The summed E-state index contributed by atoms with van der Waals surface area (Å²) >= 11 is 1.46. The summed E-state index contributed by atoms with van der Waals surface area (Å²) in [5.74, 6) is 0.468. The Morgan fingerprint density at radius 1 is 0.600 bits per heavy atom. The molecule has 1 unspecified atom stereocenters. The van der Waals surface area contributed by atoms with Gasteiger partial charge in [0, 0.05) is 0 Å². The summed E-state index contributed by atoms with van der Waals surface area (Å²) in [6.07, 6.45) is 5.66. The predicted molar refractivity (Wildman–Crippen MR) is 207 cm³/mol. The van der Waals surface area contributed by atoms with Crippen LogP contribution >= 0.6 is 0 Å². The molecule has 1 atom stereocenters. The first-order valence-electron chi connectivity index (χ1n) is 17.0. The molecule has 0 aromatic heterocycles. The minimum absolute atomic E-state index is 0. The van der Waals surface area contributed by atoms with E-state index in [0.29, 0.717) is 5.92 Å². The second kappa shape index (κ2) is 17.8. The first-order chi connectivity index (χ1) is 22.8. The molecule has 0 aliphatic heterocycles. The standard InChI is InChI=1S/C21H25.C13H13.C13H10.2ClH.Zr/c1-20(2,3)16-7-9-18-14(12-16)11-15-13-17(21(4,5)6)8-10-19(15)18;1-10-8-11(2)13(9-10)12-6-4-3-5-7-12;1-3-7-12(8-4-1)11-13-9-5-2-6-10-13;;;/h7-13H,1-6H3;3-7,9-10H,1-2H3;1-10H;2*1H;/q2*-1;;;;+2/p-2. The number of allylic oxidation sites excluding steroid dienone is 4. The van der Waals surface area contributed by atoms with Crippen LogP contribution in [0.5, 0.6) is 0 Å². The molecule has 0 N–H and O–H groups in total. The van der Waals surface area contributed by atoms with E-state index in [4.69, 9.17) is 0 Å². The number of hydrogen-bond donors (Lipinski definition) is 0. The molecule has 0 nitrogen and oxygen atoms in total. The average Bonchev–Trinajstić information content (AvgIpc) is 3.63. The summed E-state index contributed by atoms with van der Waals surface area (Å²) in [4.78, 5) is 0. The zero-order chi connectivity index (χ0) is 34.5. The van der Waals surface area contributed by atoms with Crippen LogP contribution in [0.15, 0.2) is 145 Å². The fourth-order valence-electron chi connectivity index (χ4n) is 6.10. The van der Waals surface area contributed by atoms with Crippen molar-refractivity contribution in [3.8, 4) is 0 Å². The quantitative estimate of drug-likeness (QED) is 0.178. The van der Waals surface area contributed by atoms with Crippen LogP contribution in [-0.2, 0) is 35.1 Å². The maximum atomic E-state index is 3.39. The van der Waals surface area contributed by atoms with Gasteiger partial charge in [-0.1, -0.05) is 127 Å². The van der Waals surface area contributed by atoms with Crippen molar-refractivity contribution in [1.29, 1.82) is 0 Å². The van der Waals surface area contributed by atoms with E-state index in [2.05, 4.69) is 195 Å². The Hall–Kier alpha value is -3.22. The second-order valence-corrected chi connectivity index (χ2v) is 16.1. The Bertz CT molecular complexity index is 1940. The third kappa shape index (κ3) is 10.4. The zero-order valence-corrected chi connectivity index (χ0v) is 34.6. The van der Waals surface area contributed by atoms with Gasteiger partial charge in [0.1, 0.15) is 0 Å². The van der Waals surface area contributed by atoms with Gasteiger partial charge in [0.15, 0.2) is 0 Å². The second-order valence-electron chi connectivity index (χ2n) is 14.9. The van der Waals surface area contributed by atoms with Crippen molar-refractivity contribution in [1.82, 2.24) is 0 Å². The molecule has 6 aromatic rings. The third-order valence-electron chi connectivity index (χ3n) is 8.91. The average molecular weight is 775 g/mol. The molecule has 256 valence electrons. The van der Waals surface area contributed by atoms with Gasteiger partial charge in [-0.2, -0.15) is 11.6 Å². The summed E-state index contributed by atoms with van der Waals surface area (Å²) in [5.41, 5.74) is 9.79. The van der Waals surface area contributed by atoms with Crippen LogP contribution in [0.3, 0.4) is 0 Å². The van der Waals surface area contributed by atoms with Gasteiger partial charge < -0.3 is 24.8 Å². The molecule has 0 saturated heterocycles. The summed E-state index contributed by atoms with van der Waals surface area (Å²) < 4.78 is 1.42. The number of fused-ring (bicyclic) bond motifs is 3. The minimum atomic E-state index is 0. The molecule has 0 radical (unpaired) electrons. The predicted octanol–water partition coefficient (Wildman–Crippen LogP) is 6.59. The summed E-state index contributed by atoms with van der Waals surface area (Å²) in [6, 6.07) is 47.8. The van der Waals surface area contributed by atoms with Crippen LogP contribution in [0, 0.1) is 12.0 Å². The van der Waals surface area contributed by atoms with Crippen molar-refractivity contribution in [2.75, 3.05) is 0 Å². The van der Waals surface area contributed by atoms with Crippen molar-refractivity contribution in [3.05, 3.63) is 179 Å². The Balaban J connectivity index is 0.000000206. The number of hydrogen-bond acceptors (Lipinski definition) is 0. The molecule has 50 heavy (non-hydrogen) atoms. The SMILES string of the molecule is CC(C)(C)c1ccc2c(c1)[cH-]c1cc(C(C)(C)C)ccc12.CC1=[C-]C(C)C=C1c1ccccc1.[Cl-].[Cl-].[Zr+2]=[C](c1ccccc1)c1ccccc1. The van der Waals surface area contributed by atoms with E-state index < -0.39 is 0 Å².